The first-order valence-corrected chi connectivity index (χ1v) is 19.3. The van der Waals surface area contributed by atoms with Crippen molar-refractivity contribution in [2.24, 2.45) is 5.92 Å². The van der Waals surface area contributed by atoms with Crippen LogP contribution in [0.4, 0.5) is 14.9 Å². The van der Waals surface area contributed by atoms with Gasteiger partial charge in [0.05, 0.1) is 7.11 Å². The number of ether oxygens (including phenoxy) is 2. The van der Waals surface area contributed by atoms with E-state index in [9.17, 15) is 24.0 Å². The lowest BCUT2D eigenvalue weighted by atomic mass is 9.99. The fourth-order valence-corrected chi connectivity index (χ4v) is 6.65. The molecule has 1 fully saturated rings. The van der Waals surface area contributed by atoms with Gasteiger partial charge in [-0.05, 0) is 92.1 Å². The predicted octanol–water partition coefficient (Wildman–Crippen LogP) is 7.81. The Morgan fingerprint density at radius 2 is 1.53 bits per heavy atom. The van der Waals surface area contributed by atoms with Crippen molar-refractivity contribution in [1.29, 1.82) is 0 Å². The standard InChI is InChI=1S/C46H51FN4O7/c1-29(2)40(44(55)57-6)50-42(53)38(25-30-15-8-7-9-16-30)49-41(52)36-22-11-10-17-33(36)28-37(47)34-20-12-18-31(26-34)32-19-13-21-35(27-32)48-43(54)39-23-14-24-51(39)45(56)58-46(3,4)5/h7-13,15-22,26-29,38-40H,14,23-25H2,1-6H3,(H,48,54)(H,49,52)(H,50,53)/b37-28-/t38-,39-,40-/m0/s1. The number of nitrogens with zero attached hydrogens (tertiary/aromatic N) is 1. The Labute approximate surface area is 339 Å². The minimum Gasteiger partial charge on any atom is -0.467 e. The Hall–Kier alpha value is -6.30. The molecule has 0 radical (unpaired) electrons. The average Bonchev–Trinajstić information content (AvgIpc) is 3.70. The van der Waals surface area contributed by atoms with Gasteiger partial charge in [0.15, 0.2) is 0 Å². The third-order valence-corrected chi connectivity index (χ3v) is 9.60. The molecule has 4 aromatic carbocycles. The number of rotatable bonds is 13. The van der Waals surface area contributed by atoms with Crippen LogP contribution in [0.2, 0.25) is 0 Å². The molecule has 0 aliphatic carbocycles. The van der Waals surface area contributed by atoms with Gasteiger partial charge in [-0.15, -0.1) is 0 Å². The zero-order valence-corrected chi connectivity index (χ0v) is 33.7. The van der Waals surface area contributed by atoms with Gasteiger partial charge in [-0.1, -0.05) is 92.7 Å². The largest absolute Gasteiger partial charge is 0.467 e. The van der Waals surface area contributed by atoms with Crippen LogP contribution in [-0.4, -0.2) is 72.1 Å². The van der Waals surface area contributed by atoms with Crippen molar-refractivity contribution in [3.8, 4) is 11.1 Å². The molecule has 0 bridgehead atoms. The second-order valence-electron chi connectivity index (χ2n) is 15.5. The molecule has 1 heterocycles. The molecule has 4 amide bonds. The van der Waals surface area contributed by atoms with Crippen LogP contribution in [0, 0.1) is 5.92 Å². The van der Waals surface area contributed by atoms with Gasteiger partial charge in [0.1, 0.15) is 29.6 Å². The zero-order chi connectivity index (χ0) is 42.0. The van der Waals surface area contributed by atoms with Gasteiger partial charge in [0.2, 0.25) is 11.8 Å². The molecular weight excluding hydrogens is 740 g/mol. The summed E-state index contributed by atoms with van der Waals surface area (Å²) in [5.41, 5.74) is 2.70. The molecule has 3 atom stereocenters. The smallest absolute Gasteiger partial charge is 0.410 e. The van der Waals surface area contributed by atoms with E-state index in [1.165, 1.54) is 18.1 Å². The lowest BCUT2D eigenvalue weighted by Crippen LogP contribution is -2.54. The average molecular weight is 791 g/mol. The highest BCUT2D eigenvalue weighted by Crippen LogP contribution is 2.29. The number of esters is 1. The van der Waals surface area contributed by atoms with E-state index < -0.39 is 53.4 Å². The van der Waals surface area contributed by atoms with Crippen molar-refractivity contribution in [2.45, 2.75) is 77.6 Å². The van der Waals surface area contributed by atoms with E-state index in [2.05, 4.69) is 16.0 Å². The maximum Gasteiger partial charge on any atom is 0.410 e. The van der Waals surface area contributed by atoms with Crippen LogP contribution in [0.3, 0.4) is 0 Å². The zero-order valence-electron chi connectivity index (χ0n) is 33.7. The van der Waals surface area contributed by atoms with E-state index in [-0.39, 0.29) is 34.9 Å². The first-order chi connectivity index (χ1) is 27.6. The summed E-state index contributed by atoms with van der Waals surface area (Å²) in [6, 6.07) is 26.9. The summed E-state index contributed by atoms with van der Waals surface area (Å²) in [7, 11) is 1.24. The molecule has 11 nitrogen and oxygen atoms in total. The van der Waals surface area contributed by atoms with Gasteiger partial charge in [0.25, 0.3) is 5.91 Å². The molecule has 304 valence electrons. The number of benzene rings is 4. The van der Waals surface area contributed by atoms with E-state index in [1.54, 1.807) is 95.3 Å². The van der Waals surface area contributed by atoms with Gasteiger partial charge in [-0.25, -0.2) is 14.0 Å². The number of nitrogens with one attached hydrogen (secondary N) is 3. The minimum absolute atomic E-state index is 0.138. The van der Waals surface area contributed by atoms with Crippen LogP contribution in [-0.2, 0) is 30.3 Å². The number of methoxy groups -OCH3 is 1. The highest BCUT2D eigenvalue weighted by atomic mass is 19.1. The summed E-state index contributed by atoms with van der Waals surface area (Å²) in [4.78, 5) is 67.5. The Balaban J connectivity index is 1.34. The van der Waals surface area contributed by atoms with Gasteiger partial charge in [-0.3, -0.25) is 19.3 Å². The minimum atomic E-state index is -1.07. The summed E-state index contributed by atoms with van der Waals surface area (Å²) in [5.74, 6) is -2.97. The van der Waals surface area contributed by atoms with Crippen molar-refractivity contribution in [2.75, 3.05) is 19.0 Å². The first-order valence-electron chi connectivity index (χ1n) is 19.3. The Kier molecular flexibility index (Phi) is 14.2. The highest BCUT2D eigenvalue weighted by molar-refractivity contribution is 6.02. The molecular formula is C46H51FN4O7. The van der Waals surface area contributed by atoms with Crippen LogP contribution in [0.25, 0.3) is 23.0 Å². The highest BCUT2D eigenvalue weighted by Gasteiger charge is 2.37. The number of hydrogen-bond acceptors (Lipinski definition) is 7. The van der Waals surface area contributed by atoms with Gasteiger partial charge in [-0.2, -0.15) is 0 Å². The van der Waals surface area contributed by atoms with E-state index >= 15 is 4.39 Å². The molecule has 0 unspecified atom stereocenters. The number of halogens is 1. The molecule has 3 N–H and O–H groups in total. The number of carbonyl (C=O) groups is 5. The summed E-state index contributed by atoms with van der Waals surface area (Å²) in [6.07, 6.45) is 2.08. The molecule has 0 saturated carbocycles. The molecule has 4 aromatic rings. The van der Waals surface area contributed by atoms with Gasteiger partial charge >= 0.3 is 12.1 Å². The summed E-state index contributed by atoms with van der Waals surface area (Å²) >= 11 is 0. The monoisotopic (exact) mass is 790 g/mol. The third kappa shape index (κ3) is 11.4. The normalized spacial score (nSPS) is 15.3. The van der Waals surface area contributed by atoms with Crippen molar-refractivity contribution < 1.29 is 37.8 Å². The van der Waals surface area contributed by atoms with Crippen molar-refractivity contribution in [3.05, 3.63) is 125 Å². The lowest BCUT2D eigenvalue weighted by molar-refractivity contribution is -0.146. The molecule has 0 spiro atoms. The SMILES string of the molecule is COC(=O)[C@@H](NC(=O)[C@H](Cc1ccccc1)NC(=O)c1ccccc1/C=C(\F)c1cccc(-c2cccc(NC(=O)[C@@H]3CCCN3C(=O)OC(C)(C)C)c2)c1)C(C)C. The Morgan fingerprint density at radius 1 is 0.862 bits per heavy atom. The van der Waals surface area contributed by atoms with Crippen LogP contribution < -0.4 is 16.0 Å². The predicted molar refractivity (Wildman–Crippen MR) is 222 cm³/mol. The number of anilines is 1. The van der Waals surface area contributed by atoms with E-state index in [1.807, 2.05) is 42.5 Å². The molecule has 0 aromatic heterocycles. The maximum atomic E-state index is 16.1. The quantitative estimate of drug-likeness (QED) is 0.0926. The van der Waals surface area contributed by atoms with Gasteiger partial charge in [0, 0.05) is 29.8 Å². The van der Waals surface area contributed by atoms with E-state index in [4.69, 9.17) is 9.47 Å². The van der Waals surface area contributed by atoms with Crippen LogP contribution in [0.5, 0.6) is 0 Å². The fraction of sp³-hybridized carbons (Fsp3) is 0.326. The number of hydrogen-bond donors (Lipinski definition) is 3. The number of amides is 4. The lowest BCUT2D eigenvalue weighted by Gasteiger charge is -2.28. The van der Waals surface area contributed by atoms with Crippen molar-refractivity contribution in [1.82, 2.24) is 15.5 Å². The van der Waals surface area contributed by atoms with Gasteiger partial charge < -0.3 is 25.4 Å². The Morgan fingerprint density at radius 3 is 2.22 bits per heavy atom. The van der Waals surface area contributed by atoms with E-state index in [0.29, 0.717) is 30.6 Å². The van der Waals surface area contributed by atoms with Crippen LogP contribution in [0.1, 0.15) is 74.5 Å². The third-order valence-electron chi connectivity index (χ3n) is 9.60. The topological polar surface area (TPSA) is 143 Å². The Bertz CT molecular complexity index is 2150. The fourth-order valence-electron chi connectivity index (χ4n) is 6.65. The molecule has 1 aliphatic heterocycles. The molecule has 1 aliphatic rings. The summed E-state index contributed by atoms with van der Waals surface area (Å²) < 4.78 is 26.5. The number of likely N-dealkylation sites (tertiary alicyclic amines) is 1. The first kappa shape index (κ1) is 42.8. The maximum absolute atomic E-state index is 16.1. The van der Waals surface area contributed by atoms with Crippen molar-refractivity contribution >= 4 is 47.4 Å². The molecule has 58 heavy (non-hydrogen) atoms. The summed E-state index contributed by atoms with van der Waals surface area (Å²) in [6.45, 7) is 9.32. The van der Waals surface area contributed by atoms with Crippen LogP contribution >= 0.6 is 0 Å². The second-order valence-corrected chi connectivity index (χ2v) is 15.5. The van der Waals surface area contributed by atoms with E-state index in [0.717, 1.165) is 11.1 Å². The van der Waals surface area contributed by atoms with Crippen molar-refractivity contribution in [3.63, 3.8) is 0 Å². The summed E-state index contributed by atoms with van der Waals surface area (Å²) in [5, 5.41) is 8.47. The number of carbonyl (C=O) groups excluding carboxylic acids is 5. The molecule has 5 rings (SSSR count). The van der Waals surface area contributed by atoms with Crippen LogP contribution in [0.15, 0.2) is 103 Å². The second kappa shape index (κ2) is 19.2. The molecule has 1 saturated heterocycles. The molecule has 12 heteroatoms.